The van der Waals surface area contributed by atoms with Gasteiger partial charge in [-0.2, -0.15) is 0 Å². The van der Waals surface area contributed by atoms with E-state index in [1.165, 1.54) is 23.9 Å². The van der Waals surface area contributed by atoms with Crippen molar-refractivity contribution >= 4 is 50.2 Å². The standard InChI is InChI=1S/C19H13ClN2O4S2/c20-13-10-15-16(26-19(23)21-15)11-18(13)28(24,25)22-14-8-4-5-9-17(14)27-12-6-2-1-3-7-12/h1-11,22H,(H,21,23). The zero-order chi connectivity index (χ0) is 19.7. The maximum atomic E-state index is 12.9. The molecule has 0 bridgehead atoms. The largest absolute Gasteiger partial charge is 0.417 e. The minimum absolute atomic E-state index is 0.0229. The van der Waals surface area contributed by atoms with Crippen molar-refractivity contribution in [1.29, 1.82) is 0 Å². The number of para-hydroxylation sites is 1. The molecule has 142 valence electrons. The highest BCUT2D eigenvalue weighted by atomic mass is 35.5. The monoisotopic (exact) mass is 432 g/mol. The van der Waals surface area contributed by atoms with E-state index >= 15 is 0 Å². The quantitative estimate of drug-likeness (QED) is 0.475. The summed E-state index contributed by atoms with van der Waals surface area (Å²) in [5, 5.41) is -0.0229. The van der Waals surface area contributed by atoms with Crippen LogP contribution in [0.25, 0.3) is 11.1 Å². The first-order chi connectivity index (χ1) is 13.4. The zero-order valence-electron chi connectivity index (χ0n) is 14.2. The number of aromatic nitrogens is 1. The third-order valence-corrected chi connectivity index (χ3v) is 6.78. The molecule has 0 saturated heterocycles. The topological polar surface area (TPSA) is 92.2 Å². The lowest BCUT2D eigenvalue weighted by molar-refractivity contribution is 0.554. The van der Waals surface area contributed by atoms with Crippen molar-refractivity contribution in [1.82, 2.24) is 4.98 Å². The van der Waals surface area contributed by atoms with Crippen molar-refractivity contribution in [2.24, 2.45) is 0 Å². The summed E-state index contributed by atoms with van der Waals surface area (Å²) >= 11 is 7.58. The Morgan fingerprint density at radius 1 is 1.00 bits per heavy atom. The molecule has 0 aliphatic heterocycles. The predicted molar refractivity (Wildman–Crippen MR) is 110 cm³/mol. The Morgan fingerprint density at radius 3 is 2.50 bits per heavy atom. The van der Waals surface area contributed by atoms with Gasteiger partial charge in [0, 0.05) is 15.9 Å². The van der Waals surface area contributed by atoms with Crippen LogP contribution in [0.4, 0.5) is 5.69 Å². The van der Waals surface area contributed by atoms with Crippen molar-refractivity contribution in [2.45, 2.75) is 14.7 Å². The summed E-state index contributed by atoms with van der Waals surface area (Å²) < 4.78 is 33.4. The molecule has 0 aliphatic rings. The molecule has 0 fully saturated rings. The van der Waals surface area contributed by atoms with Gasteiger partial charge in [-0.15, -0.1) is 0 Å². The SMILES string of the molecule is O=c1[nH]c2cc(Cl)c(S(=O)(=O)Nc3ccccc3Sc3ccccc3)cc2o1. The second-order valence-electron chi connectivity index (χ2n) is 5.81. The number of rotatable bonds is 5. The molecule has 0 radical (unpaired) electrons. The highest BCUT2D eigenvalue weighted by Gasteiger charge is 2.22. The smallest absolute Gasteiger partial charge is 0.408 e. The van der Waals surface area contributed by atoms with E-state index in [9.17, 15) is 13.2 Å². The Kier molecular flexibility index (Phi) is 4.92. The summed E-state index contributed by atoms with van der Waals surface area (Å²) in [4.78, 5) is 15.3. The Balaban J connectivity index is 1.71. The van der Waals surface area contributed by atoms with E-state index in [0.29, 0.717) is 11.2 Å². The molecule has 4 aromatic rings. The first kappa shape index (κ1) is 18.7. The number of benzene rings is 3. The lowest BCUT2D eigenvalue weighted by atomic mass is 10.3. The zero-order valence-corrected chi connectivity index (χ0v) is 16.6. The summed E-state index contributed by atoms with van der Waals surface area (Å²) in [6.07, 6.45) is 0. The average molecular weight is 433 g/mol. The van der Waals surface area contributed by atoms with E-state index in [-0.39, 0.29) is 15.5 Å². The number of halogens is 1. The van der Waals surface area contributed by atoms with Gasteiger partial charge in [0.2, 0.25) is 0 Å². The van der Waals surface area contributed by atoms with Gasteiger partial charge in [0.25, 0.3) is 10.0 Å². The number of anilines is 1. The number of nitrogens with one attached hydrogen (secondary N) is 2. The summed E-state index contributed by atoms with van der Waals surface area (Å²) in [6.45, 7) is 0. The van der Waals surface area contributed by atoms with Gasteiger partial charge in [0.1, 0.15) is 4.90 Å². The Hall–Kier alpha value is -2.68. The molecule has 0 unspecified atom stereocenters. The fraction of sp³-hybridized carbons (Fsp3) is 0. The molecule has 0 amide bonds. The van der Waals surface area contributed by atoms with E-state index in [2.05, 4.69) is 9.71 Å². The number of H-pyrrole nitrogens is 1. The molecular weight excluding hydrogens is 420 g/mol. The molecule has 0 aliphatic carbocycles. The highest BCUT2D eigenvalue weighted by molar-refractivity contribution is 7.99. The van der Waals surface area contributed by atoms with Crippen LogP contribution < -0.4 is 10.5 Å². The van der Waals surface area contributed by atoms with Crippen molar-refractivity contribution in [3.05, 3.63) is 82.3 Å². The number of fused-ring (bicyclic) bond motifs is 1. The molecule has 2 N–H and O–H groups in total. The van der Waals surface area contributed by atoms with Crippen molar-refractivity contribution in [3.8, 4) is 0 Å². The predicted octanol–water partition coefficient (Wildman–Crippen LogP) is 4.73. The first-order valence-corrected chi connectivity index (χ1v) is 10.8. The fourth-order valence-electron chi connectivity index (χ4n) is 2.61. The molecule has 3 aromatic carbocycles. The molecule has 0 saturated carbocycles. The molecule has 1 aromatic heterocycles. The number of hydrogen-bond acceptors (Lipinski definition) is 5. The molecule has 28 heavy (non-hydrogen) atoms. The van der Waals surface area contributed by atoms with Gasteiger partial charge in [0.15, 0.2) is 5.58 Å². The van der Waals surface area contributed by atoms with Crippen molar-refractivity contribution in [3.63, 3.8) is 0 Å². The van der Waals surface area contributed by atoms with Gasteiger partial charge in [-0.1, -0.05) is 53.7 Å². The Morgan fingerprint density at radius 2 is 1.71 bits per heavy atom. The van der Waals surface area contributed by atoms with E-state index < -0.39 is 15.8 Å². The summed E-state index contributed by atoms with van der Waals surface area (Å²) in [6, 6.07) is 19.3. The first-order valence-electron chi connectivity index (χ1n) is 8.09. The van der Waals surface area contributed by atoms with E-state index in [0.717, 1.165) is 9.79 Å². The summed E-state index contributed by atoms with van der Waals surface area (Å²) in [5.41, 5.74) is 0.860. The van der Waals surface area contributed by atoms with Crippen LogP contribution in [0, 0.1) is 0 Å². The third kappa shape index (κ3) is 3.80. The Labute approximate surface area is 169 Å². The fourth-order valence-corrected chi connectivity index (χ4v) is 5.22. The molecule has 0 atom stereocenters. The van der Waals surface area contributed by atoms with Crippen LogP contribution in [0.5, 0.6) is 0 Å². The van der Waals surface area contributed by atoms with Gasteiger partial charge in [-0.05, 0) is 30.3 Å². The van der Waals surface area contributed by atoms with E-state index in [4.69, 9.17) is 16.0 Å². The van der Waals surface area contributed by atoms with Gasteiger partial charge in [-0.25, -0.2) is 13.2 Å². The number of sulfonamides is 1. The summed E-state index contributed by atoms with van der Waals surface area (Å²) in [7, 11) is -4.01. The van der Waals surface area contributed by atoms with Crippen LogP contribution in [0.3, 0.4) is 0 Å². The second kappa shape index (κ2) is 7.38. The van der Waals surface area contributed by atoms with E-state index in [1.807, 2.05) is 42.5 Å². The molecule has 9 heteroatoms. The number of oxazole rings is 1. The summed E-state index contributed by atoms with van der Waals surface area (Å²) in [5.74, 6) is -0.682. The van der Waals surface area contributed by atoms with Gasteiger partial charge in [-0.3, -0.25) is 9.71 Å². The van der Waals surface area contributed by atoms with Crippen LogP contribution in [0.15, 0.2) is 90.6 Å². The van der Waals surface area contributed by atoms with Crippen molar-refractivity contribution in [2.75, 3.05) is 4.72 Å². The minimum atomic E-state index is -4.01. The molecule has 0 spiro atoms. The lowest BCUT2D eigenvalue weighted by Gasteiger charge is -2.13. The minimum Gasteiger partial charge on any atom is -0.408 e. The normalized spacial score (nSPS) is 11.6. The molecular formula is C19H13ClN2O4S2. The third-order valence-electron chi connectivity index (χ3n) is 3.87. The number of aromatic amines is 1. The Bertz CT molecular complexity index is 1310. The second-order valence-corrected chi connectivity index (χ2v) is 8.98. The van der Waals surface area contributed by atoms with Crippen molar-refractivity contribution < 1.29 is 12.8 Å². The maximum Gasteiger partial charge on any atom is 0.417 e. The lowest BCUT2D eigenvalue weighted by Crippen LogP contribution is -2.14. The maximum absolute atomic E-state index is 12.9. The van der Waals surface area contributed by atoms with Crippen LogP contribution in [-0.4, -0.2) is 13.4 Å². The van der Waals surface area contributed by atoms with Gasteiger partial charge in [0.05, 0.1) is 16.2 Å². The van der Waals surface area contributed by atoms with Crippen LogP contribution in [0.2, 0.25) is 5.02 Å². The van der Waals surface area contributed by atoms with Crippen LogP contribution >= 0.6 is 23.4 Å². The van der Waals surface area contributed by atoms with Crippen LogP contribution in [0.1, 0.15) is 0 Å². The highest BCUT2D eigenvalue weighted by Crippen LogP contribution is 2.35. The van der Waals surface area contributed by atoms with Crippen LogP contribution in [-0.2, 0) is 10.0 Å². The molecule has 1 heterocycles. The molecule has 6 nitrogen and oxygen atoms in total. The van der Waals surface area contributed by atoms with Gasteiger partial charge < -0.3 is 4.42 Å². The number of hydrogen-bond donors (Lipinski definition) is 2. The van der Waals surface area contributed by atoms with Gasteiger partial charge >= 0.3 is 5.76 Å². The van der Waals surface area contributed by atoms with E-state index in [1.54, 1.807) is 12.1 Å². The molecule has 4 rings (SSSR count). The average Bonchev–Trinajstić information content (AvgIpc) is 3.02.